The summed E-state index contributed by atoms with van der Waals surface area (Å²) >= 11 is 0. The second-order valence-electron chi connectivity index (χ2n) is 15.6. The number of urea groups is 1. The molecule has 1 aromatic carbocycles. The van der Waals surface area contributed by atoms with Crippen molar-refractivity contribution >= 4 is 23.8 Å². The molecule has 4 atom stereocenters. The molecular weight excluding hydrogens is 715 g/mol. The number of imidazole rings is 1. The maximum atomic E-state index is 15.3. The van der Waals surface area contributed by atoms with Crippen LogP contribution in [0.25, 0.3) is 11.3 Å². The number of carbonyl (C=O) groups is 4. The van der Waals surface area contributed by atoms with E-state index in [0.29, 0.717) is 77.2 Å². The zero-order valence-electron chi connectivity index (χ0n) is 31.6. The maximum Gasteiger partial charge on any atom is 0.318 e. The summed E-state index contributed by atoms with van der Waals surface area (Å²) in [7, 11) is 0. The van der Waals surface area contributed by atoms with E-state index < -0.39 is 41.8 Å². The van der Waals surface area contributed by atoms with Crippen LogP contribution in [-0.4, -0.2) is 101 Å². The van der Waals surface area contributed by atoms with Crippen molar-refractivity contribution in [2.75, 3.05) is 45.9 Å². The second kappa shape index (κ2) is 18.0. The molecule has 12 nitrogen and oxygen atoms in total. The van der Waals surface area contributed by atoms with E-state index in [-0.39, 0.29) is 66.4 Å². The lowest BCUT2D eigenvalue weighted by molar-refractivity contribution is -0.138. The van der Waals surface area contributed by atoms with Gasteiger partial charge in [-0.2, -0.15) is 0 Å². The number of halogens is 3. The number of benzene rings is 1. The molecule has 298 valence electrons. The number of nitrogens with one attached hydrogen (secondary N) is 3. The first kappa shape index (κ1) is 40.2. The quantitative estimate of drug-likeness (QED) is 0.188. The van der Waals surface area contributed by atoms with Crippen molar-refractivity contribution in [3.63, 3.8) is 0 Å². The highest BCUT2D eigenvalue weighted by atomic mass is 19.1. The third-order valence-electron chi connectivity index (χ3n) is 11.2. The molecule has 2 aromatic rings. The zero-order valence-corrected chi connectivity index (χ0v) is 31.6. The summed E-state index contributed by atoms with van der Waals surface area (Å²) in [5.74, 6) is -2.26. The Morgan fingerprint density at radius 3 is 2.44 bits per heavy atom. The predicted octanol–water partition coefficient (Wildman–Crippen LogP) is 4.68. The minimum atomic E-state index is -1.18. The number of carbonyl (C=O) groups excluding carboxylic acids is 4. The van der Waals surface area contributed by atoms with Crippen LogP contribution in [0.5, 0.6) is 0 Å². The zero-order chi connectivity index (χ0) is 39.2. The molecule has 3 N–H and O–H groups in total. The molecule has 3 fully saturated rings. The van der Waals surface area contributed by atoms with Crippen LogP contribution in [0.1, 0.15) is 64.2 Å². The summed E-state index contributed by atoms with van der Waals surface area (Å²) in [4.78, 5) is 59.5. The number of imide groups is 1. The van der Waals surface area contributed by atoms with Crippen LogP contribution in [-0.2, 0) is 25.7 Å². The summed E-state index contributed by atoms with van der Waals surface area (Å²) in [6, 6.07) is 1.55. The Kier molecular flexibility index (Phi) is 13.1. The molecule has 0 radical (unpaired) electrons. The Labute approximate surface area is 319 Å². The molecule has 4 unspecified atom stereocenters. The summed E-state index contributed by atoms with van der Waals surface area (Å²) in [5.41, 5.74) is 0.971. The summed E-state index contributed by atoms with van der Waals surface area (Å²) in [6.45, 7) is 10.0. The lowest BCUT2D eigenvalue weighted by Gasteiger charge is -2.40. The number of ether oxygens (including phenoxy) is 1. The average molecular weight is 768 g/mol. The summed E-state index contributed by atoms with van der Waals surface area (Å²) in [6.07, 6.45) is 6.88. The van der Waals surface area contributed by atoms with Crippen LogP contribution in [0.3, 0.4) is 0 Å². The standard InChI is InChI=1S/C40H52F3N7O5/c1-24(2)20-48-23-34(31-16-30(41)8-9-32(31)42)47-38(48)37(27-12-14-55-15-13-27)50(22-29-18-44-19-33(29)43)40(54)46-25(3)17-45-39(53)28-6-4-26(5-7-28)21-49-35(51)10-11-36(49)52/h8-11,16,23,25-29,33,37,44H,1,4-7,12-15,17-22H2,2-3H3,(H,45,53)(H,46,54). The molecule has 6 rings (SSSR count). The Morgan fingerprint density at radius 2 is 1.78 bits per heavy atom. The minimum Gasteiger partial charge on any atom is -0.381 e. The number of allylic oxidation sites excluding steroid dienone is 1. The molecule has 4 heterocycles. The van der Waals surface area contributed by atoms with Crippen LogP contribution in [0.4, 0.5) is 18.0 Å². The normalized spacial score (nSPS) is 24.2. The molecule has 1 aliphatic carbocycles. The van der Waals surface area contributed by atoms with Crippen molar-refractivity contribution < 1.29 is 37.1 Å². The van der Waals surface area contributed by atoms with Crippen molar-refractivity contribution in [3.05, 3.63) is 66.2 Å². The molecule has 1 aromatic heterocycles. The number of hydrogen-bond donors (Lipinski definition) is 3. The number of aromatic nitrogens is 2. The van der Waals surface area contributed by atoms with Gasteiger partial charge in [-0.25, -0.2) is 22.9 Å². The fourth-order valence-corrected chi connectivity index (χ4v) is 8.22. The first-order valence-electron chi connectivity index (χ1n) is 19.4. The van der Waals surface area contributed by atoms with E-state index >= 15 is 8.78 Å². The fraction of sp³-hybridized carbons (Fsp3) is 0.575. The van der Waals surface area contributed by atoms with Crippen LogP contribution in [0.15, 0.2) is 48.7 Å². The summed E-state index contributed by atoms with van der Waals surface area (Å²) < 4.78 is 52.2. The molecule has 4 aliphatic rings. The Hall–Kier alpha value is -4.50. The number of alkyl halides is 1. The SMILES string of the molecule is C=C(C)Cn1cc(-c2cc(F)ccc2F)nc1C(C1CCOCC1)N(CC1CNCC1F)C(=O)NC(C)CNC(=O)C1CCC(CN2C(=O)C=CC2=O)CC1. The van der Waals surface area contributed by atoms with Gasteiger partial charge in [-0.3, -0.25) is 19.3 Å². The van der Waals surface area contributed by atoms with E-state index in [1.165, 1.54) is 17.1 Å². The van der Waals surface area contributed by atoms with Gasteiger partial charge >= 0.3 is 6.03 Å². The van der Waals surface area contributed by atoms with E-state index in [1.54, 1.807) is 18.0 Å². The molecule has 15 heteroatoms. The van der Waals surface area contributed by atoms with Crippen molar-refractivity contribution in [2.45, 2.75) is 77.2 Å². The number of hydrogen-bond acceptors (Lipinski definition) is 7. The van der Waals surface area contributed by atoms with Crippen LogP contribution < -0.4 is 16.0 Å². The molecule has 3 aliphatic heterocycles. The van der Waals surface area contributed by atoms with Crippen LogP contribution in [0, 0.1) is 35.3 Å². The Bertz CT molecular complexity index is 1750. The Balaban J connectivity index is 1.19. The van der Waals surface area contributed by atoms with E-state index in [0.717, 1.165) is 23.8 Å². The van der Waals surface area contributed by atoms with Gasteiger partial charge in [0.25, 0.3) is 11.8 Å². The molecule has 5 amide bonds. The van der Waals surface area contributed by atoms with Gasteiger partial charge in [0.05, 0.1) is 11.7 Å². The largest absolute Gasteiger partial charge is 0.381 e. The van der Waals surface area contributed by atoms with Gasteiger partial charge in [0, 0.05) is 94.3 Å². The van der Waals surface area contributed by atoms with Crippen molar-refractivity contribution in [2.24, 2.45) is 23.7 Å². The first-order valence-corrected chi connectivity index (χ1v) is 19.4. The second-order valence-corrected chi connectivity index (χ2v) is 15.6. The Morgan fingerprint density at radius 1 is 1.07 bits per heavy atom. The van der Waals surface area contributed by atoms with Gasteiger partial charge in [-0.15, -0.1) is 0 Å². The molecule has 55 heavy (non-hydrogen) atoms. The van der Waals surface area contributed by atoms with Gasteiger partial charge < -0.3 is 30.2 Å². The lowest BCUT2D eigenvalue weighted by Crippen LogP contribution is -2.53. The summed E-state index contributed by atoms with van der Waals surface area (Å²) in [5, 5.41) is 9.11. The van der Waals surface area contributed by atoms with Crippen molar-refractivity contribution in [1.82, 2.24) is 35.3 Å². The topological polar surface area (TPSA) is 138 Å². The maximum absolute atomic E-state index is 15.3. The van der Waals surface area contributed by atoms with Gasteiger partial charge in [0.1, 0.15) is 23.6 Å². The first-order chi connectivity index (χ1) is 26.4. The highest BCUT2D eigenvalue weighted by Crippen LogP contribution is 2.38. The van der Waals surface area contributed by atoms with E-state index in [9.17, 15) is 23.6 Å². The monoisotopic (exact) mass is 767 g/mol. The minimum absolute atomic E-state index is 0.0146. The van der Waals surface area contributed by atoms with E-state index in [4.69, 9.17) is 9.72 Å². The third kappa shape index (κ3) is 9.85. The van der Waals surface area contributed by atoms with E-state index in [1.807, 2.05) is 11.5 Å². The number of nitrogens with zero attached hydrogens (tertiary/aromatic N) is 4. The fourth-order valence-electron chi connectivity index (χ4n) is 8.22. The lowest BCUT2D eigenvalue weighted by atomic mass is 9.81. The van der Waals surface area contributed by atoms with E-state index in [2.05, 4.69) is 22.5 Å². The van der Waals surface area contributed by atoms with Crippen molar-refractivity contribution in [3.8, 4) is 11.3 Å². The van der Waals surface area contributed by atoms with Gasteiger partial charge in [-0.05, 0) is 82.4 Å². The van der Waals surface area contributed by atoms with Crippen molar-refractivity contribution in [1.29, 1.82) is 0 Å². The predicted molar refractivity (Wildman–Crippen MR) is 199 cm³/mol. The van der Waals surface area contributed by atoms with Crippen LogP contribution >= 0.6 is 0 Å². The molecule has 0 spiro atoms. The van der Waals surface area contributed by atoms with Gasteiger partial charge in [0.2, 0.25) is 5.91 Å². The van der Waals surface area contributed by atoms with Gasteiger partial charge in [-0.1, -0.05) is 12.2 Å². The highest BCUT2D eigenvalue weighted by Gasteiger charge is 2.41. The van der Waals surface area contributed by atoms with Gasteiger partial charge in [0.15, 0.2) is 0 Å². The number of rotatable bonds is 14. The molecule has 2 saturated heterocycles. The highest BCUT2D eigenvalue weighted by molar-refractivity contribution is 6.12. The molecule has 1 saturated carbocycles. The smallest absolute Gasteiger partial charge is 0.318 e. The number of amides is 5. The molecule has 0 bridgehead atoms. The third-order valence-corrected chi connectivity index (χ3v) is 11.2. The van der Waals surface area contributed by atoms with Crippen LogP contribution in [0.2, 0.25) is 0 Å². The molecular formula is C40H52F3N7O5. The average Bonchev–Trinajstić information content (AvgIpc) is 3.86.